The standard InChI is InChI=1S/C16H21NO3/c18-15(17-11-12-5-1-2-6-12)10-9-13-7-3-4-8-14(13)16(19)20/h3-4,7-8,12H,1-2,5-6,9-11H2,(H,17,18)(H,19,20). The smallest absolute Gasteiger partial charge is 0.335 e. The molecule has 0 radical (unpaired) electrons. The fourth-order valence-corrected chi connectivity index (χ4v) is 2.76. The lowest BCUT2D eigenvalue weighted by Gasteiger charge is -2.11. The maximum absolute atomic E-state index is 11.8. The molecule has 0 heterocycles. The molecule has 1 aliphatic carbocycles. The monoisotopic (exact) mass is 275 g/mol. The second kappa shape index (κ2) is 7.08. The highest BCUT2D eigenvalue weighted by atomic mass is 16.4. The molecule has 1 fully saturated rings. The Balaban J connectivity index is 1.79. The third-order valence-electron chi connectivity index (χ3n) is 3.93. The van der Waals surface area contributed by atoms with Gasteiger partial charge in [0.2, 0.25) is 5.91 Å². The Morgan fingerprint density at radius 3 is 2.60 bits per heavy atom. The van der Waals surface area contributed by atoms with Crippen LogP contribution in [0.1, 0.15) is 48.0 Å². The lowest BCUT2D eigenvalue weighted by Crippen LogP contribution is -2.28. The molecule has 0 bridgehead atoms. The van der Waals surface area contributed by atoms with Crippen molar-refractivity contribution < 1.29 is 14.7 Å². The molecule has 108 valence electrons. The molecule has 1 aromatic rings. The van der Waals surface area contributed by atoms with Crippen LogP contribution in [0, 0.1) is 5.92 Å². The summed E-state index contributed by atoms with van der Waals surface area (Å²) in [5.41, 5.74) is 1.01. The molecule has 0 spiro atoms. The van der Waals surface area contributed by atoms with Gasteiger partial charge in [-0.05, 0) is 36.8 Å². The normalized spacial score (nSPS) is 15.2. The van der Waals surface area contributed by atoms with E-state index in [2.05, 4.69) is 5.32 Å². The van der Waals surface area contributed by atoms with Gasteiger partial charge in [0.15, 0.2) is 0 Å². The minimum absolute atomic E-state index is 0.0112. The van der Waals surface area contributed by atoms with Gasteiger partial charge in [-0.1, -0.05) is 31.0 Å². The first-order valence-corrected chi connectivity index (χ1v) is 7.24. The van der Waals surface area contributed by atoms with Gasteiger partial charge in [0, 0.05) is 13.0 Å². The van der Waals surface area contributed by atoms with Crippen LogP contribution in [0.4, 0.5) is 0 Å². The van der Waals surface area contributed by atoms with Gasteiger partial charge in [0.1, 0.15) is 0 Å². The number of carboxylic acid groups (broad SMARTS) is 1. The molecular formula is C16H21NO3. The Morgan fingerprint density at radius 1 is 1.20 bits per heavy atom. The fraction of sp³-hybridized carbons (Fsp3) is 0.500. The van der Waals surface area contributed by atoms with E-state index in [1.54, 1.807) is 24.3 Å². The minimum Gasteiger partial charge on any atom is -0.478 e. The number of carbonyl (C=O) groups excluding carboxylic acids is 1. The molecule has 20 heavy (non-hydrogen) atoms. The topological polar surface area (TPSA) is 66.4 Å². The van der Waals surface area contributed by atoms with Gasteiger partial charge in [-0.25, -0.2) is 4.79 Å². The van der Waals surface area contributed by atoms with Crippen molar-refractivity contribution in [1.29, 1.82) is 0 Å². The zero-order valence-electron chi connectivity index (χ0n) is 11.6. The average molecular weight is 275 g/mol. The molecule has 1 amide bonds. The number of aromatic carboxylic acids is 1. The zero-order valence-corrected chi connectivity index (χ0v) is 11.6. The number of amides is 1. The van der Waals surface area contributed by atoms with E-state index in [9.17, 15) is 9.59 Å². The Hall–Kier alpha value is -1.84. The quantitative estimate of drug-likeness (QED) is 0.838. The number of carbonyl (C=O) groups is 2. The predicted molar refractivity (Wildman–Crippen MR) is 76.7 cm³/mol. The van der Waals surface area contributed by atoms with Crippen molar-refractivity contribution in [3.63, 3.8) is 0 Å². The van der Waals surface area contributed by atoms with Crippen molar-refractivity contribution in [3.05, 3.63) is 35.4 Å². The minimum atomic E-state index is -0.938. The second-order valence-corrected chi connectivity index (χ2v) is 5.42. The number of hydrogen-bond acceptors (Lipinski definition) is 2. The number of rotatable bonds is 6. The summed E-state index contributed by atoms with van der Waals surface area (Å²) in [6, 6.07) is 6.85. The molecule has 0 aliphatic heterocycles. The maximum atomic E-state index is 11.8. The Kier molecular flexibility index (Phi) is 5.16. The molecule has 1 saturated carbocycles. The summed E-state index contributed by atoms with van der Waals surface area (Å²) in [6.07, 6.45) is 5.78. The molecule has 4 nitrogen and oxygen atoms in total. The Bertz CT molecular complexity index is 478. The molecular weight excluding hydrogens is 254 g/mol. The molecule has 0 unspecified atom stereocenters. The van der Waals surface area contributed by atoms with Crippen LogP contribution in [-0.4, -0.2) is 23.5 Å². The van der Waals surface area contributed by atoms with Crippen molar-refractivity contribution in [3.8, 4) is 0 Å². The number of carboxylic acids is 1. The number of aryl methyl sites for hydroxylation is 1. The first kappa shape index (κ1) is 14.6. The molecule has 1 aromatic carbocycles. The van der Waals surface area contributed by atoms with Crippen LogP contribution in [0.5, 0.6) is 0 Å². The summed E-state index contributed by atoms with van der Waals surface area (Å²) >= 11 is 0. The lowest BCUT2D eigenvalue weighted by molar-refractivity contribution is -0.121. The summed E-state index contributed by atoms with van der Waals surface area (Å²) in [4.78, 5) is 22.9. The van der Waals surface area contributed by atoms with Gasteiger partial charge in [0.25, 0.3) is 0 Å². The molecule has 0 atom stereocenters. The van der Waals surface area contributed by atoms with Crippen molar-refractivity contribution >= 4 is 11.9 Å². The van der Waals surface area contributed by atoms with Gasteiger partial charge >= 0.3 is 5.97 Å². The summed E-state index contributed by atoms with van der Waals surface area (Å²) in [7, 11) is 0. The number of nitrogens with one attached hydrogen (secondary N) is 1. The molecule has 4 heteroatoms. The van der Waals surface area contributed by atoms with Gasteiger partial charge in [0.05, 0.1) is 5.56 Å². The van der Waals surface area contributed by atoms with Crippen LogP contribution in [0.25, 0.3) is 0 Å². The predicted octanol–water partition coefficient (Wildman–Crippen LogP) is 2.62. The largest absolute Gasteiger partial charge is 0.478 e. The summed E-state index contributed by atoms with van der Waals surface area (Å²) in [5.74, 6) is -0.297. The SMILES string of the molecule is O=C(CCc1ccccc1C(=O)O)NCC1CCCC1. The first-order valence-electron chi connectivity index (χ1n) is 7.24. The van der Waals surface area contributed by atoms with E-state index in [-0.39, 0.29) is 11.5 Å². The molecule has 1 aliphatic rings. The van der Waals surface area contributed by atoms with E-state index in [1.165, 1.54) is 25.7 Å². The average Bonchev–Trinajstić information content (AvgIpc) is 2.96. The Morgan fingerprint density at radius 2 is 1.90 bits per heavy atom. The van der Waals surface area contributed by atoms with E-state index in [1.807, 2.05) is 0 Å². The molecule has 0 saturated heterocycles. The van der Waals surface area contributed by atoms with E-state index in [0.717, 1.165) is 12.1 Å². The van der Waals surface area contributed by atoms with Crippen LogP contribution in [0.15, 0.2) is 24.3 Å². The summed E-state index contributed by atoms with van der Waals surface area (Å²) in [5, 5.41) is 12.0. The number of benzene rings is 1. The zero-order chi connectivity index (χ0) is 14.4. The van der Waals surface area contributed by atoms with Crippen LogP contribution < -0.4 is 5.32 Å². The van der Waals surface area contributed by atoms with Crippen LogP contribution in [-0.2, 0) is 11.2 Å². The van der Waals surface area contributed by atoms with Crippen molar-refractivity contribution in [2.75, 3.05) is 6.54 Å². The lowest BCUT2D eigenvalue weighted by atomic mass is 10.0. The maximum Gasteiger partial charge on any atom is 0.335 e. The Labute approximate surface area is 119 Å². The third kappa shape index (κ3) is 4.08. The third-order valence-corrected chi connectivity index (χ3v) is 3.93. The highest BCUT2D eigenvalue weighted by Gasteiger charge is 2.16. The number of hydrogen-bond donors (Lipinski definition) is 2. The molecule has 2 N–H and O–H groups in total. The second-order valence-electron chi connectivity index (χ2n) is 5.42. The summed E-state index contributed by atoms with van der Waals surface area (Å²) in [6.45, 7) is 0.763. The van der Waals surface area contributed by atoms with E-state index >= 15 is 0 Å². The highest BCUT2D eigenvalue weighted by Crippen LogP contribution is 2.23. The van der Waals surface area contributed by atoms with Crippen LogP contribution in [0.2, 0.25) is 0 Å². The van der Waals surface area contributed by atoms with E-state index in [0.29, 0.717) is 18.8 Å². The van der Waals surface area contributed by atoms with E-state index < -0.39 is 5.97 Å². The van der Waals surface area contributed by atoms with Crippen molar-refractivity contribution in [2.45, 2.75) is 38.5 Å². The van der Waals surface area contributed by atoms with Gasteiger partial charge in [-0.2, -0.15) is 0 Å². The fourth-order valence-electron chi connectivity index (χ4n) is 2.76. The van der Waals surface area contributed by atoms with Crippen molar-refractivity contribution in [1.82, 2.24) is 5.32 Å². The van der Waals surface area contributed by atoms with Crippen molar-refractivity contribution in [2.24, 2.45) is 5.92 Å². The van der Waals surface area contributed by atoms with Gasteiger partial charge in [-0.3, -0.25) is 4.79 Å². The van der Waals surface area contributed by atoms with Crippen LogP contribution >= 0.6 is 0 Å². The van der Waals surface area contributed by atoms with Crippen LogP contribution in [0.3, 0.4) is 0 Å². The summed E-state index contributed by atoms with van der Waals surface area (Å²) < 4.78 is 0. The molecule has 2 rings (SSSR count). The van der Waals surface area contributed by atoms with Gasteiger partial charge < -0.3 is 10.4 Å². The molecule has 0 aromatic heterocycles. The highest BCUT2D eigenvalue weighted by molar-refractivity contribution is 5.89. The van der Waals surface area contributed by atoms with Gasteiger partial charge in [-0.15, -0.1) is 0 Å². The van der Waals surface area contributed by atoms with E-state index in [4.69, 9.17) is 5.11 Å². The first-order chi connectivity index (χ1) is 9.66.